The van der Waals surface area contributed by atoms with Crippen molar-refractivity contribution >= 4 is 29.4 Å². The molecule has 0 saturated heterocycles. The number of carbonyl (C=O) groups excluding carboxylic acids is 2. The van der Waals surface area contributed by atoms with Gasteiger partial charge in [-0.3, -0.25) is 29.2 Å². The van der Waals surface area contributed by atoms with E-state index in [4.69, 9.17) is 0 Å². The summed E-state index contributed by atoms with van der Waals surface area (Å²) < 4.78 is 2.91. The number of nitro groups is 1. The summed E-state index contributed by atoms with van der Waals surface area (Å²) in [5.41, 5.74) is 2.42. The average molecular weight is 422 g/mol. The molecule has 0 aliphatic rings. The molecule has 2 amide bonds. The molecule has 0 aliphatic carbocycles. The topological polar surface area (TPSA) is 141 Å². The Balaban J connectivity index is 1.75. The van der Waals surface area contributed by atoms with Crippen LogP contribution in [0.4, 0.5) is 11.4 Å². The maximum absolute atomic E-state index is 12.8. The maximum atomic E-state index is 12.8. The van der Waals surface area contributed by atoms with Crippen LogP contribution < -0.4 is 16.3 Å². The third-order valence-corrected chi connectivity index (χ3v) is 4.50. The number of nitro benzene ring substituents is 1. The molecule has 2 N–H and O–H groups in total. The molecule has 0 atom stereocenters. The minimum Gasteiger partial charge on any atom is -0.311 e. The van der Waals surface area contributed by atoms with Crippen LogP contribution in [0.15, 0.2) is 64.5 Å². The predicted octanol–water partition coefficient (Wildman–Crippen LogP) is 1.48. The van der Waals surface area contributed by atoms with Gasteiger partial charge in [0.05, 0.1) is 28.1 Å². The van der Waals surface area contributed by atoms with Gasteiger partial charge in [0.1, 0.15) is 5.69 Å². The van der Waals surface area contributed by atoms with Gasteiger partial charge < -0.3 is 5.32 Å². The first-order valence-corrected chi connectivity index (χ1v) is 9.03. The number of nitrogens with one attached hydrogen (secondary N) is 2. The number of hydrogen-bond acceptors (Lipinski definition) is 6. The summed E-state index contributed by atoms with van der Waals surface area (Å²) in [4.78, 5) is 47.4. The van der Waals surface area contributed by atoms with Crippen molar-refractivity contribution < 1.29 is 14.5 Å². The number of para-hydroxylation sites is 2. The van der Waals surface area contributed by atoms with Gasteiger partial charge in [-0.15, -0.1) is 0 Å². The van der Waals surface area contributed by atoms with Gasteiger partial charge in [-0.25, -0.2) is 10.1 Å². The second-order valence-electron chi connectivity index (χ2n) is 6.41. The molecule has 31 heavy (non-hydrogen) atoms. The van der Waals surface area contributed by atoms with Crippen molar-refractivity contribution in [3.63, 3.8) is 0 Å². The monoisotopic (exact) mass is 422 g/mol. The van der Waals surface area contributed by atoms with E-state index in [9.17, 15) is 24.5 Å². The largest absolute Gasteiger partial charge is 0.329 e. The number of amides is 2. The number of benzene rings is 2. The van der Waals surface area contributed by atoms with Crippen LogP contribution in [-0.2, 0) is 16.6 Å². The van der Waals surface area contributed by atoms with Gasteiger partial charge in [-0.2, -0.15) is 5.10 Å². The minimum atomic E-state index is -1.14. The van der Waals surface area contributed by atoms with Crippen molar-refractivity contribution in [3.8, 4) is 5.69 Å². The molecule has 0 fully saturated rings. The Morgan fingerprint density at radius 2 is 1.71 bits per heavy atom. The minimum absolute atomic E-state index is 0.0471. The summed E-state index contributed by atoms with van der Waals surface area (Å²) in [7, 11) is 1.65. The van der Waals surface area contributed by atoms with Crippen molar-refractivity contribution in [1.82, 2.24) is 14.8 Å². The van der Waals surface area contributed by atoms with Gasteiger partial charge in [0.15, 0.2) is 0 Å². The Bertz CT molecular complexity index is 1240. The maximum Gasteiger partial charge on any atom is 0.329 e. The fourth-order valence-electron chi connectivity index (χ4n) is 2.86. The van der Waals surface area contributed by atoms with E-state index in [0.717, 1.165) is 6.21 Å². The molecule has 0 bridgehead atoms. The van der Waals surface area contributed by atoms with Crippen LogP contribution in [0.1, 0.15) is 11.3 Å². The van der Waals surface area contributed by atoms with E-state index in [-0.39, 0.29) is 16.9 Å². The van der Waals surface area contributed by atoms with Crippen LogP contribution in [0.5, 0.6) is 0 Å². The highest BCUT2D eigenvalue weighted by molar-refractivity contribution is 6.39. The fourth-order valence-corrected chi connectivity index (χ4v) is 2.86. The highest BCUT2D eigenvalue weighted by Crippen LogP contribution is 2.15. The van der Waals surface area contributed by atoms with Crippen LogP contribution in [0.25, 0.3) is 5.69 Å². The fraction of sp³-hybridized carbons (Fsp3) is 0.100. The number of hydrogen-bond donors (Lipinski definition) is 2. The lowest BCUT2D eigenvalue weighted by Gasteiger charge is -2.07. The highest BCUT2D eigenvalue weighted by Gasteiger charge is 2.21. The van der Waals surface area contributed by atoms with Crippen LogP contribution in [0.3, 0.4) is 0 Å². The number of rotatable bonds is 5. The van der Waals surface area contributed by atoms with Crippen molar-refractivity contribution in [2.75, 3.05) is 5.32 Å². The molecule has 0 saturated carbocycles. The molecular weight excluding hydrogens is 404 g/mol. The SMILES string of the molecule is Cc1c(NC(=O)C(=O)N/N=C/c2ccccc2[N+](=O)[O-])c(=O)n(-c2ccccc2)n1C. The normalized spacial score (nSPS) is 10.8. The molecule has 2 aromatic carbocycles. The van der Waals surface area contributed by atoms with Gasteiger partial charge in [0.25, 0.3) is 11.2 Å². The lowest BCUT2D eigenvalue weighted by Crippen LogP contribution is -2.34. The number of aromatic nitrogens is 2. The van der Waals surface area contributed by atoms with Gasteiger partial charge in [-0.05, 0) is 25.1 Å². The first-order valence-electron chi connectivity index (χ1n) is 9.03. The smallest absolute Gasteiger partial charge is 0.311 e. The summed E-state index contributed by atoms with van der Waals surface area (Å²) in [5, 5.41) is 16.9. The average Bonchev–Trinajstić information content (AvgIpc) is 2.97. The lowest BCUT2D eigenvalue weighted by molar-refractivity contribution is -0.385. The van der Waals surface area contributed by atoms with E-state index in [2.05, 4.69) is 10.4 Å². The van der Waals surface area contributed by atoms with Crippen molar-refractivity contribution in [2.45, 2.75) is 6.92 Å². The predicted molar refractivity (Wildman–Crippen MR) is 113 cm³/mol. The van der Waals surface area contributed by atoms with Crippen LogP contribution in [-0.4, -0.2) is 32.3 Å². The van der Waals surface area contributed by atoms with E-state index in [0.29, 0.717) is 11.4 Å². The van der Waals surface area contributed by atoms with E-state index in [1.807, 2.05) is 11.5 Å². The Kier molecular flexibility index (Phi) is 6.05. The Labute approximate surface area is 175 Å². The Morgan fingerprint density at radius 1 is 1.06 bits per heavy atom. The summed E-state index contributed by atoms with van der Waals surface area (Å²) in [6.45, 7) is 1.63. The quantitative estimate of drug-likeness (QED) is 0.277. The first-order chi connectivity index (χ1) is 14.8. The Hall–Kier alpha value is -4.54. The van der Waals surface area contributed by atoms with Gasteiger partial charge in [0, 0.05) is 13.1 Å². The highest BCUT2D eigenvalue weighted by atomic mass is 16.6. The van der Waals surface area contributed by atoms with Crippen LogP contribution in [0, 0.1) is 17.0 Å². The molecule has 11 heteroatoms. The van der Waals surface area contributed by atoms with E-state index in [1.165, 1.54) is 22.9 Å². The molecular formula is C20H18N6O5. The molecule has 0 unspecified atom stereocenters. The summed E-state index contributed by atoms with van der Waals surface area (Å²) in [6.07, 6.45) is 1.06. The molecule has 0 spiro atoms. The van der Waals surface area contributed by atoms with Crippen LogP contribution in [0.2, 0.25) is 0 Å². The number of anilines is 1. The molecule has 1 heterocycles. The lowest BCUT2D eigenvalue weighted by atomic mass is 10.2. The van der Waals surface area contributed by atoms with Crippen molar-refractivity contribution in [1.29, 1.82) is 0 Å². The number of carbonyl (C=O) groups is 2. The summed E-state index contributed by atoms with van der Waals surface area (Å²) in [5.74, 6) is -2.24. The van der Waals surface area contributed by atoms with Gasteiger partial charge in [-0.1, -0.05) is 30.3 Å². The Morgan fingerprint density at radius 3 is 2.39 bits per heavy atom. The molecule has 0 radical (unpaired) electrons. The molecule has 11 nitrogen and oxygen atoms in total. The van der Waals surface area contributed by atoms with Crippen molar-refractivity contribution in [3.05, 3.63) is 86.3 Å². The third kappa shape index (κ3) is 4.40. The zero-order valence-electron chi connectivity index (χ0n) is 16.6. The third-order valence-electron chi connectivity index (χ3n) is 4.50. The summed E-state index contributed by atoms with van der Waals surface area (Å²) in [6, 6.07) is 14.6. The molecule has 3 aromatic rings. The second-order valence-corrected chi connectivity index (χ2v) is 6.41. The first kappa shape index (κ1) is 21.2. The molecule has 3 rings (SSSR count). The molecule has 158 valence electrons. The standard InChI is InChI=1S/C20H18N6O5/c1-13-17(20(29)25(24(13)2)15-9-4-3-5-10-15)22-18(27)19(28)23-21-12-14-8-6-7-11-16(14)26(30)31/h3-12H,1-2H3,(H,22,27)(H,23,28)/b21-12+. The van der Waals surface area contributed by atoms with E-state index < -0.39 is 22.3 Å². The van der Waals surface area contributed by atoms with Gasteiger partial charge >= 0.3 is 11.8 Å². The van der Waals surface area contributed by atoms with Crippen LogP contribution >= 0.6 is 0 Å². The van der Waals surface area contributed by atoms with Gasteiger partial charge in [0.2, 0.25) is 0 Å². The van der Waals surface area contributed by atoms with E-state index in [1.54, 1.807) is 49.0 Å². The molecule has 1 aromatic heterocycles. The zero-order valence-corrected chi connectivity index (χ0v) is 16.6. The summed E-state index contributed by atoms with van der Waals surface area (Å²) >= 11 is 0. The second kappa shape index (κ2) is 8.86. The molecule has 0 aliphatic heterocycles. The number of nitrogens with zero attached hydrogens (tertiary/aromatic N) is 4. The van der Waals surface area contributed by atoms with Crippen molar-refractivity contribution in [2.24, 2.45) is 12.1 Å². The van der Waals surface area contributed by atoms with E-state index >= 15 is 0 Å². The zero-order chi connectivity index (χ0) is 22.5. The number of hydrazone groups is 1.